The highest BCUT2D eigenvalue weighted by atomic mass is 79.9. The fourth-order valence-corrected chi connectivity index (χ4v) is 1.62. The summed E-state index contributed by atoms with van der Waals surface area (Å²) >= 11 is 3.21. The predicted octanol–water partition coefficient (Wildman–Crippen LogP) is 2.80. The lowest BCUT2D eigenvalue weighted by Crippen LogP contribution is -1.95. The summed E-state index contributed by atoms with van der Waals surface area (Å²) < 4.78 is 5.69. The molecule has 4 nitrogen and oxygen atoms in total. The first kappa shape index (κ1) is 9.92. The number of rotatable bonds is 2. The van der Waals surface area contributed by atoms with Crippen LogP contribution in [0.15, 0.2) is 39.7 Å². The van der Waals surface area contributed by atoms with Gasteiger partial charge in [-0.15, -0.1) is 0 Å². The highest BCUT2D eigenvalue weighted by molar-refractivity contribution is 9.10. The van der Waals surface area contributed by atoms with Crippen molar-refractivity contribution in [3.8, 4) is 11.3 Å². The van der Waals surface area contributed by atoms with Crippen LogP contribution in [0.1, 0.15) is 10.4 Å². The summed E-state index contributed by atoms with van der Waals surface area (Å²) in [5.41, 5.74) is 0.898. The molecule has 1 aromatic carbocycles. The van der Waals surface area contributed by atoms with E-state index in [9.17, 15) is 4.79 Å². The van der Waals surface area contributed by atoms with Crippen LogP contribution < -0.4 is 0 Å². The van der Waals surface area contributed by atoms with Crippen LogP contribution in [0.2, 0.25) is 0 Å². The minimum absolute atomic E-state index is 0.218. The van der Waals surface area contributed by atoms with E-state index in [1.165, 1.54) is 18.5 Å². The van der Waals surface area contributed by atoms with Gasteiger partial charge in [-0.1, -0.05) is 12.1 Å². The van der Waals surface area contributed by atoms with Gasteiger partial charge in [-0.3, -0.25) is 0 Å². The summed E-state index contributed by atoms with van der Waals surface area (Å²) in [6, 6.07) is 6.48. The van der Waals surface area contributed by atoms with Crippen molar-refractivity contribution in [2.45, 2.75) is 0 Å². The SMILES string of the molecule is O=C(O)c1cccc(-c2ocnc2Br)c1. The van der Waals surface area contributed by atoms with E-state index in [2.05, 4.69) is 20.9 Å². The first-order chi connectivity index (χ1) is 7.18. The summed E-state index contributed by atoms with van der Waals surface area (Å²) in [5.74, 6) is -0.439. The van der Waals surface area contributed by atoms with Gasteiger partial charge in [0, 0.05) is 5.56 Å². The van der Waals surface area contributed by atoms with Crippen molar-refractivity contribution >= 4 is 21.9 Å². The smallest absolute Gasteiger partial charge is 0.335 e. The number of hydrogen-bond acceptors (Lipinski definition) is 3. The molecular formula is C10H6BrNO3. The Morgan fingerprint density at radius 2 is 2.27 bits per heavy atom. The van der Waals surface area contributed by atoms with Crippen LogP contribution in [0, 0.1) is 0 Å². The fourth-order valence-electron chi connectivity index (χ4n) is 1.21. The number of aromatic carboxylic acids is 1. The number of aromatic nitrogens is 1. The molecule has 5 heteroatoms. The zero-order valence-corrected chi connectivity index (χ0v) is 9.06. The summed E-state index contributed by atoms with van der Waals surface area (Å²) in [4.78, 5) is 14.6. The van der Waals surface area contributed by atoms with Gasteiger partial charge in [0.2, 0.25) is 0 Å². The van der Waals surface area contributed by atoms with E-state index in [1.54, 1.807) is 12.1 Å². The first-order valence-corrected chi connectivity index (χ1v) is 4.90. The average Bonchev–Trinajstić information content (AvgIpc) is 2.64. The predicted molar refractivity (Wildman–Crippen MR) is 56.6 cm³/mol. The molecule has 0 bridgehead atoms. The Labute approximate surface area is 93.7 Å². The molecule has 0 spiro atoms. The first-order valence-electron chi connectivity index (χ1n) is 4.11. The van der Waals surface area contributed by atoms with Crippen LogP contribution in [0.5, 0.6) is 0 Å². The second-order valence-corrected chi connectivity index (χ2v) is 3.61. The van der Waals surface area contributed by atoms with E-state index in [0.29, 0.717) is 15.9 Å². The lowest BCUT2D eigenvalue weighted by Gasteiger charge is -1.98. The molecular weight excluding hydrogens is 262 g/mol. The molecule has 0 atom stereocenters. The number of carboxylic acid groups (broad SMARTS) is 1. The van der Waals surface area contributed by atoms with E-state index < -0.39 is 5.97 Å². The molecule has 0 saturated heterocycles. The maximum Gasteiger partial charge on any atom is 0.335 e. The van der Waals surface area contributed by atoms with Gasteiger partial charge in [0.15, 0.2) is 16.8 Å². The largest absolute Gasteiger partial charge is 0.478 e. The van der Waals surface area contributed by atoms with Crippen LogP contribution in [0.25, 0.3) is 11.3 Å². The molecule has 1 N–H and O–H groups in total. The highest BCUT2D eigenvalue weighted by Gasteiger charge is 2.10. The summed E-state index contributed by atoms with van der Waals surface area (Å²) in [7, 11) is 0. The molecule has 1 aromatic heterocycles. The molecule has 0 aliphatic carbocycles. The Hall–Kier alpha value is -1.62. The van der Waals surface area contributed by atoms with Crippen LogP contribution in [-0.2, 0) is 0 Å². The molecule has 0 saturated carbocycles. The van der Waals surface area contributed by atoms with Gasteiger partial charge in [0.25, 0.3) is 0 Å². The molecule has 2 rings (SSSR count). The highest BCUT2D eigenvalue weighted by Crippen LogP contribution is 2.27. The Morgan fingerprint density at radius 1 is 1.47 bits per heavy atom. The second kappa shape index (κ2) is 3.86. The summed E-state index contributed by atoms with van der Waals surface area (Å²) in [5, 5.41) is 8.82. The molecule has 76 valence electrons. The van der Waals surface area contributed by atoms with Crippen molar-refractivity contribution in [1.29, 1.82) is 0 Å². The van der Waals surface area contributed by atoms with Crippen LogP contribution >= 0.6 is 15.9 Å². The standard InChI is InChI=1S/C10H6BrNO3/c11-9-8(15-5-12-9)6-2-1-3-7(4-6)10(13)14/h1-5H,(H,13,14). The van der Waals surface area contributed by atoms with Crippen molar-refractivity contribution < 1.29 is 14.3 Å². The van der Waals surface area contributed by atoms with Crippen molar-refractivity contribution in [1.82, 2.24) is 4.98 Å². The molecule has 0 amide bonds. The van der Waals surface area contributed by atoms with Gasteiger partial charge in [-0.05, 0) is 28.1 Å². The lowest BCUT2D eigenvalue weighted by atomic mass is 10.1. The van der Waals surface area contributed by atoms with Crippen LogP contribution in [0.4, 0.5) is 0 Å². The topological polar surface area (TPSA) is 63.3 Å². The van der Waals surface area contributed by atoms with Crippen molar-refractivity contribution in [2.75, 3.05) is 0 Å². The van der Waals surface area contributed by atoms with Gasteiger partial charge in [-0.2, -0.15) is 0 Å². The number of halogens is 1. The van der Waals surface area contributed by atoms with E-state index >= 15 is 0 Å². The molecule has 1 heterocycles. The second-order valence-electron chi connectivity index (χ2n) is 2.86. The number of benzene rings is 1. The number of oxazole rings is 1. The lowest BCUT2D eigenvalue weighted by molar-refractivity contribution is 0.0697. The van der Waals surface area contributed by atoms with Gasteiger partial charge in [0.05, 0.1) is 5.56 Å². The molecule has 0 aliphatic rings. The minimum atomic E-state index is -0.965. The number of hydrogen-bond donors (Lipinski definition) is 1. The molecule has 0 radical (unpaired) electrons. The van der Waals surface area contributed by atoms with Gasteiger partial charge in [-0.25, -0.2) is 9.78 Å². The van der Waals surface area contributed by atoms with E-state index in [-0.39, 0.29) is 5.56 Å². The Kier molecular flexibility index (Phi) is 2.55. The van der Waals surface area contributed by atoms with Crippen LogP contribution in [0.3, 0.4) is 0 Å². The zero-order valence-electron chi connectivity index (χ0n) is 7.48. The third-order valence-corrected chi connectivity index (χ3v) is 2.46. The normalized spacial score (nSPS) is 10.2. The average molecular weight is 268 g/mol. The summed E-state index contributed by atoms with van der Waals surface area (Å²) in [6.07, 6.45) is 1.30. The number of carboxylic acids is 1. The van der Waals surface area contributed by atoms with Crippen molar-refractivity contribution in [3.63, 3.8) is 0 Å². The summed E-state index contributed by atoms with van der Waals surface area (Å²) in [6.45, 7) is 0. The maximum absolute atomic E-state index is 10.7. The number of carbonyl (C=O) groups is 1. The molecule has 15 heavy (non-hydrogen) atoms. The third kappa shape index (κ3) is 1.92. The molecule has 0 fully saturated rings. The van der Waals surface area contributed by atoms with Gasteiger partial charge < -0.3 is 9.52 Å². The van der Waals surface area contributed by atoms with Gasteiger partial charge in [0.1, 0.15) is 0 Å². The quantitative estimate of drug-likeness (QED) is 0.909. The van der Waals surface area contributed by atoms with Gasteiger partial charge >= 0.3 is 5.97 Å². The minimum Gasteiger partial charge on any atom is -0.478 e. The number of nitrogens with zero attached hydrogens (tertiary/aromatic N) is 1. The monoisotopic (exact) mass is 267 g/mol. The van der Waals surface area contributed by atoms with Crippen molar-refractivity contribution in [2.24, 2.45) is 0 Å². The van der Waals surface area contributed by atoms with Crippen LogP contribution in [-0.4, -0.2) is 16.1 Å². The third-order valence-electron chi connectivity index (χ3n) is 1.90. The van der Waals surface area contributed by atoms with Crippen molar-refractivity contribution in [3.05, 3.63) is 40.8 Å². The zero-order chi connectivity index (χ0) is 10.8. The molecule has 0 aliphatic heterocycles. The molecule has 0 unspecified atom stereocenters. The van der Waals surface area contributed by atoms with E-state index in [1.807, 2.05) is 0 Å². The maximum atomic E-state index is 10.7. The fraction of sp³-hybridized carbons (Fsp3) is 0. The van der Waals surface area contributed by atoms with E-state index in [0.717, 1.165) is 0 Å². The Morgan fingerprint density at radius 3 is 2.87 bits per heavy atom. The Bertz CT molecular complexity index is 507. The van der Waals surface area contributed by atoms with E-state index in [4.69, 9.17) is 9.52 Å². The Balaban J connectivity index is 2.50. The molecule has 2 aromatic rings.